The van der Waals surface area contributed by atoms with Gasteiger partial charge in [0.05, 0.1) is 18.5 Å². The monoisotopic (exact) mass is 418 g/mol. The van der Waals surface area contributed by atoms with Gasteiger partial charge in [-0.05, 0) is 43.0 Å². The van der Waals surface area contributed by atoms with Gasteiger partial charge in [0.15, 0.2) is 0 Å². The van der Waals surface area contributed by atoms with Gasteiger partial charge in [0.2, 0.25) is 15.9 Å². The zero-order chi connectivity index (χ0) is 21.3. The van der Waals surface area contributed by atoms with E-state index in [2.05, 4.69) is 5.32 Å². The van der Waals surface area contributed by atoms with E-state index in [1.54, 1.807) is 0 Å². The highest BCUT2D eigenvalue weighted by Crippen LogP contribution is 2.23. The molecule has 0 saturated carbocycles. The third-order valence-corrected chi connectivity index (χ3v) is 5.76. The fraction of sp³-hybridized carbons (Fsp3) is 0.409. The van der Waals surface area contributed by atoms with Crippen molar-refractivity contribution in [1.29, 1.82) is 0 Å². The number of benzene rings is 2. The Morgan fingerprint density at radius 3 is 2.48 bits per heavy atom. The summed E-state index contributed by atoms with van der Waals surface area (Å²) in [5.74, 6) is 0.691. The van der Waals surface area contributed by atoms with E-state index in [4.69, 9.17) is 4.74 Å². The quantitative estimate of drug-likeness (QED) is 0.568. The van der Waals surface area contributed by atoms with E-state index < -0.39 is 10.0 Å². The number of carbonyl (C=O) groups excluding carboxylic acids is 1. The third-order valence-electron chi connectivity index (χ3n) is 4.58. The minimum absolute atomic E-state index is 0.115. The summed E-state index contributed by atoms with van der Waals surface area (Å²) in [7, 11) is -3.42. The minimum Gasteiger partial charge on any atom is -0.491 e. The van der Waals surface area contributed by atoms with Crippen LogP contribution in [0.4, 0.5) is 5.69 Å². The van der Waals surface area contributed by atoms with Gasteiger partial charge in [-0.2, -0.15) is 0 Å². The van der Waals surface area contributed by atoms with Crippen molar-refractivity contribution < 1.29 is 17.9 Å². The summed E-state index contributed by atoms with van der Waals surface area (Å²) in [5.41, 5.74) is 2.70. The first-order valence-corrected chi connectivity index (χ1v) is 11.7. The van der Waals surface area contributed by atoms with Gasteiger partial charge in [0.1, 0.15) is 12.4 Å². The SMILES string of the molecule is CCc1ccccc1N(CCCC(=O)NCCOc1ccccc1C)S(C)(=O)=O. The van der Waals surface area contributed by atoms with Gasteiger partial charge in [-0.1, -0.05) is 43.3 Å². The maximum Gasteiger partial charge on any atom is 0.232 e. The number of ether oxygens (including phenoxy) is 1. The minimum atomic E-state index is -3.42. The smallest absolute Gasteiger partial charge is 0.232 e. The molecule has 0 atom stereocenters. The molecule has 0 radical (unpaired) electrons. The molecule has 0 aliphatic rings. The Balaban J connectivity index is 1.80. The molecule has 1 N–H and O–H groups in total. The van der Waals surface area contributed by atoms with Gasteiger partial charge in [0.25, 0.3) is 0 Å². The molecule has 0 aromatic heterocycles. The summed E-state index contributed by atoms with van der Waals surface area (Å²) < 4.78 is 31.6. The molecule has 29 heavy (non-hydrogen) atoms. The Kier molecular flexibility index (Phi) is 8.51. The summed E-state index contributed by atoms with van der Waals surface area (Å²) in [6.07, 6.45) is 2.63. The lowest BCUT2D eigenvalue weighted by Gasteiger charge is -2.24. The van der Waals surface area contributed by atoms with E-state index in [0.29, 0.717) is 25.3 Å². The van der Waals surface area contributed by atoms with E-state index in [1.165, 1.54) is 10.6 Å². The van der Waals surface area contributed by atoms with E-state index in [1.807, 2.05) is 62.4 Å². The van der Waals surface area contributed by atoms with Crippen LogP contribution >= 0.6 is 0 Å². The topological polar surface area (TPSA) is 75.7 Å². The highest BCUT2D eigenvalue weighted by atomic mass is 32.2. The number of hydrogen-bond donors (Lipinski definition) is 1. The second-order valence-electron chi connectivity index (χ2n) is 6.88. The van der Waals surface area contributed by atoms with Gasteiger partial charge in [-0.15, -0.1) is 0 Å². The van der Waals surface area contributed by atoms with Crippen molar-refractivity contribution in [3.8, 4) is 5.75 Å². The molecule has 0 heterocycles. The fourth-order valence-corrected chi connectivity index (χ4v) is 4.06. The molecule has 7 heteroatoms. The summed E-state index contributed by atoms with van der Waals surface area (Å²) >= 11 is 0. The van der Waals surface area contributed by atoms with Gasteiger partial charge in [-0.25, -0.2) is 8.42 Å². The van der Waals surface area contributed by atoms with Gasteiger partial charge < -0.3 is 10.1 Å². The van der Waals surface area contributed by atoms with Crippen molar-refractivity contribution in [1.82, 2.24) is 5.32 Å². The fourth-order valence-electron chi connectivity index (χ4n) is 3.06. The largest absolute Gasteiger partial charge is 0.491 e. The Morgan fingerprint density at radius 1 is 1.10 bits per heavy atom. The van der Waals surface area contributed by atoms with Crippen molar-refractivity contribution in [2.75, 3.05) is 30.3 Å². The van der Waals surface area contributed by atoms with Crippen molar-refractivity contribution in [2.45, 2.75) is 33.1 Å². The predicted octanol–water partition coefficient (Wildman–Crippen LogP) is 3.30. The van der Waals surface area contributed by atoms with E-state index in [0.717, 1.165) is 23.3 Å². The molecule has 0 aliphatic carbocycles. The van der Waals surface area contributed by atoms with Crippen LogP contribution in [0.15, 0.2) is 48.5 Å². The number of para-hydroxylation sites is 2. The van der Waals surface area contributed by atoms with Crippen LogP contribution in [0.1, 0.15) is 30.9 Å². The molecule has 2 rings (SSSR count). The molecule has 2 aromatic carbocycles. The molecule has 0 unspecified atom stereocenters. The number of amides is 1. The molecule has 0 saturated heterocycles. The number of carbonyl (C=O) groups is 1. The average Bonchev–Trinajstić information content (AvgIpc) is 2.69. The van der Waals surface area contributed by atoms with Crippen molar-refractivity contribution >= 4 is 21.6 Å². The first-order valence-electron chi connectivity index (χ1n) is 9.83. The summed E-state index contributed by atoms with van der Waals surface area (Å²) in [5, 5.41) is 2.82. The van der Waals surface area contributed by atoms with E-state index in [9.17, 15) is 13.2 Å². The van der Waals surface area contributed by atoms with Crippen LogP contribution in [0.2, 0.25) is 0 Å². The van der Waals surface area contributed by atoms with E-state index in [-0.39, 0.29) is 18.9 Å². The van der Waals surface area contributed by atoms with Crippen LogP contribution in [0, 0.1) is 6.92 Å². The van der Waals surface area contributed by atoms with Gasteiger partial charge in [-0.3, -0.25) is 9.10 Å². The predicted molar refractivity (Wildman–Crippen MR) is 117 cm³/mol. The van der Waals surface area contributed by atoms with Crippen LogP contribution in [0.25, 0.3) is 0 Å². The highest BCUT2D eigenvalue weighted by molar-refractivity contribution is 7.92. The third kappa shape index (κ3) is 7.09. The molecule has 0 bridgehead atoms. The Morgan fingerprint density at radius 2 is 1.79 bits per heavy atom. The zero-order valence-electron chi connectivity index (χ0n) is 17.3. The lowest BCUT2D eigenvalue weighted by Crippen LogP contribution is -2.33. The standard InChI is InChI=1S/C22H30N2O4S/c1-4-19-11-6-7-12-20(19)24(29(3,26)27)16-9-14-22(25)23-15-17-28-21-13-8-5-10-18(21)2/h5-8,10-13H,4,9,14-17H2,1-3H3,(H,23,25). The maximum absolute atomic E-state index is 12.3. The van der Waals surface area contributed by atoms with Crippen LogP contribution in [0.5, 0.6) is 5.75 Å². The number of aryl methyl sites for hydroxylation is 2. The average molecular weight is 419 g/mol. The maximum atomic E-state index is 12.3. The number of anilines is 1. The molecular formula is C22H30N2O4S. The van der Waals surface area contributed by atoms with Crippen molar-refractivity contribution in [3.63, 3.8) is 0 Å². The summed E-state index contributed by atoms with van der Waals surface area (Å²) in [6.45, 7) is 5.02. The first kappa shape index (κ1) is 22.7. The van der Waals surface area contributed by atoms with Crippen molar-refractivity contribution in [3.05, 3.63) is 59.7 Å². The first-order chi connectivity index (χ1) is 13.8. The normalized spacial score (nSPS) is 11.1. The van der Waals surface area contributed by atoms with Gasteiger partial charge in [0, 0.05) is 13.0 Å². The Bertz CT molecular complexity index is 913. The highest BCUT2D eigenvalue weighted by Gasteiger charge is 2.19. The van der Waals surface area contributed by atoms with Crippen LogP contribution in [0.3, 0.4) is 0 Å². The Hall–Kier alpha value is -2.54. The summed E-state index contributed by atoms with van der Waals surface area (Å²) in [6, 6.07) is 15.2. The molecule has 158 valence electrons. The summed E-state index contributed by atoms with van der Waals surface area (Å²) in [4.78, 5) is 12.1. The number of sulfonamides is 1. The molecule has 1 amide bonds. The molecule has 0 aliphatic heterocycles. The van der Waals surface area contributed by atoms with Crippen LogP contribution in [-0.4, -0.2) is 40.3 Å². The Labute approximate surface area is 173 Å². The lowest BCUT2D eigenvalue weighted by atomic mass is 10.1. The second-order valence-corrected chi connectivity index (χ2v) is 8.79. The molecule has 2 aromatic rings. The van der Waals surface area contributed by atoms with Gasteiger partial charge >= 0.3 is 0 Å². The number of hydrogen-bond acceptors (Lipinski definition) is 4. The second kappa shape index (κ2) is 10.9. The number of nitrogens with zero attached hydrogens (tertiary/aromatic N) is 1. The van der Waals surface area contributed by atoms with Crippen molar-refractivity contribution in [2.24, 2.45) is 0 Å². The van der Waals surface area contributed by atoms with E-state index >= 15 is 0 Å². The van der Waals surface area contributed by atoms with Crippen LogP contribution < -0.4 is 14.4 Å². The van der Waals surface area contributed by atoms with Crippen LogP contribution in [-0.2, 0) is 21.2 Å². The molecule has 0 fully saturated rings. The number of rotatable bonds is 11. The molecule has 0 spiro atoms. The zero-order valence-corrected chi connectivity index (χ0v) is 18.2. The molecular weight excluding hydrogens is 388 g/mol. The molecule has 6 nitrogen and oxygen atoms in total. The number of nitrogens with one attached hydrogen (secondary N) is 1. The lowest BCUT2D eigenvalue weighted by molar-refractivity contribution is -0.121.